The number of ether oxygens (including phenoxy) is 1. The zero-order valence-electron chi connectivity index (χ0n) is 10.6. The summed E-state index contributed by atoms with van der Waals surface area (Å²) in [6, 6.07) is 7.49. The minimum atomic E-state index is -0.116. The van der Waals surface area contributed by atoms with Crippen LogP contribution in [0.3, 0.4) is 0 Å². The van der Waals surface area contributed by atoms with Crippen LogP contribution in [0.4, 0.5) is 0 Å². The smallest absolute Gasteiger partial charge is 0.268 e. The van der Waals surface area contributed by atoms with E-state index in [1.807, 2.05) is 25.1 Å². The maximum Gasteiger partial charge on any atom is 0.268 e. The van der Waals surface area contributed by atoms with E-state index in [9.17, 15) is 4.79 Å². The molecule has 0 spiro atoms. The van der Waals surface area contributed by atoms with E-state index in [1.54, 1.807) is 6.07 Å². The van der Waals surface area contributed by atoms with E-state index < -0.39 is 0 Å². The first-order valence-corrected chi connectivity index (χ1v) is 6.72. The fraction of sp³-hybridized carbons (Fsp3) is 0.357. The lowest BCUT2D eigenvalue weighted by Gasteiger charge is -2.15. The van der Waals surface area contributed by atoms with Gasteiger partial charge in [0.2, 0.25) is 0 Å². The van der Waals surface area contributed by atoms with Crippen LogP contribution in [0.15, 0.2) is 24.3 Å². The molecule has 0 radical (unpaired) electrons. The second-order valence-electron chi connectivity index (χ2n) is 4.83. The summed E-state index contributed by atoms with van der Waals surface area (Å²) in [6.45, 7) is 2.67. The number of amides is 1. The largest absolute Gasteiger partial charge is 0.376 e. The number of carbonyl (C=O) groups is 1. The summed E-state index contributed by atoms with van der Waals surface area (Å²) in [5.41, 5.74) is 1.33. The number of hydrogen-bond donors (Lipinski definition) is 2. The Balaban J connectivity index is 1.83. The van der Waals surface area contributed by atoms with Crippen molar-refractivity contribution >= 4 is 28.4 Å². The summed E-state index contributed by atoms with van der Waals surface area (Å²) in [7, 11) is 0. The van der Waals surface area contributed by atoms with Crippen molar-refractivity contribution in [2.24, 2.45) is 0 Å². The van der Waals surface area contributed by atoms with Crippen LogP contribution in [-0.4, -0.2) is 29.6 Å². The molecule has 19 heavy (non-hydrogen) atoms. The van der Waals surface area contributed by atoms with Gasteiger partial charge in [0.25, 0.3) is 5.91 Å². The van der Waals surface area contributed by atoms with Crippen molar-refractivity contribution in [3.8, 4) is 0 Å². The van der Waals surface area contributed by atoms with Crippen LogP contribution >= 0.6 is 11.6 Å². The fourth-order valence-corrected chi connectivity index (χ4v) is 2.64. The molecule has 1 saturated heterocycles. The van der Waals surface area contributed by atoms with Gasteiger partial charge in [-0.2, -0.15) is 0 Å². The molecule has 4 nitrogen and oxygen atoms in total. The van der Waals surface area contributed by atoms with E-state index in [2.05, 4.69) is 10.3 Å². The minimum absolute atomic E-state index is 0.0666. The quantitative estimate of drug-likeness (QED) is 0.887. The average Bonchev–Trinajstić information content (AvgIpc) is 2.97. The van der Waals surface area contributed by atoms with Gasteiger partial charge in [0.15, 0.2) is 0 Å². The Morgan fingerprint density at radius 3 is 3.05 bits per heavy atom. The fourth-order valence-electron chi connectivity index (χ4n) is 2.41. The second kappa shape index (κ2) is 4.87. The topological polar surface area (TPSA) is 54.1 Å². The Morgan fingerprint density at radius 2 is 2.37 bits per heavy atom. The van der Waals surface area contributed by atoms with E-state index in [0.717, 1.165) is 17.3 Å². The van der Waals surface area contributed by atoms with Crippen molar-refractivity contribution in [1.29, 1.82) is 0 Å². The zero-order valence-corrected chi connectivity index (χ0v) is 11.3. The third-order valence-electron chi connectivity index (χ3n) is 3.54. The summed E-state index contributed by atoms with van der Waals surface area (Å²) in [5.74, 6) is -0.116. The molecule has 0 bridgehead atoms. The molecule has 2 heterocycles. The highest BCUT2D eigenvalue weighted by Crippen LogP contribution is 2.23. The van der Waals surface area contributed by atoms with Crippen LogP contribution in [0.25, 0.3) is 10.9 Å². The van der Waals surface area contributed by atoms with Crippen LogP contribution in [0.2, 0.25) is 5.02 Å². The molecule has 0 aliphatic carbocycles. The molecule has 1 aliphatic rings. The second-order valence-corrected chi connectivity index (χ2v) is 5.24. The summed E-state index contributed by atoms with van der Waals surface area (Å²) in [6.07, 6.45) is 0.922. The summed E-state index contributed by atoms with van der Waals surface area (Å²) in [4.78, 5) is 15.3. The Labute approximate surface area is 116 Å². The molecule has 1 amide bonds. The first kappa shape index (κ1) is 12.5. The van der Waals surface area contributed by atoms with Crippen LogP contribution in [0, 0.1) is 0 Å². The van der Waals surface area contributed by atoms with Gasteiger partial charge in [-0.1, -0.05) is 23.7 Å². The molecule has 1 aromatic heterocycles. The first-order chi connectivity index (χ1) is 9.15. The van der Waals surface area contributed by atoms with E-state index in [-0.39, 0.29) is 18.1 Å². The van der Waals surface area contributed by atoms with Crippen LogP contribution < -0.4 is 5.32 Å². The van der Waals surface area contributed by atoms with Gasteiger partial charge >= 0.3 is 0 Å². The number of H-pyrrole nitrogens is 1. The molecule has 2 N–H and O–H groups in total. The van der Waals surface area contributed by atoms with Crippen molar-refractivity contribution in [3.05, 3.63) is 35.0 Å². The molecule has 0 saturated carbocycles. The van der Waals surface area contributed by atoms with E-state index in [4.69, 9.17) is 16.3 Å². The van der Waals surface area contributed by atoms with Gasteiger partial charge in [-0.15, -0.1) is 0 Å². The van der Waals surface area contributed by atoms with Crippen LogP contribution in [0.5, 0.6) is 0 Å². The van der Waals surface area contributed by atoms with Crippen molar-refractivity contribution in [1.82, 2.24) is 10.3 Å². The van der Waals surface area contributed by atoms with Gasteiger partial charge in [0.05, 0.1) is 22.7 Å². The lowest BCUT2D eigenvalue weighted by atomic mass is 10.1. The summed E-state index contributed by atoms with van der Waals surface area (Å²) >= 11 is 6.09. The van der Waals surface area contributed by atoms with Gasteiger partial charge in [0.1, 0.15) is 5.69 Å². The number of halogens is 1. The SMILES string of the molecule is CC1OCCC1NC(=O)c1cc2cccc(Cl)c2[nH]1. The van der Waals surface area contributed by atoms with Gasteiger partial charge in [0, 0.05) is 12.0 Å². The number of carbonyl (C=O) groups excluding carboxylic acids is 1. The number of hydrogen-bond acceptors (Lipinski definition) is 2. The zero-order chi connectivity index (χ0) is 13.4. The number of rotatable bonds is 2. The first-order valence-electron chi connectivity index (χ1n) is 6.35. The van der Waals surface area contributed by atoms with Crippen molar-refractivity contribution < 1.29 is 9.53 Å². The number of fused-ring (bicyclic) bond motifs is 1. The molecule has 5 heteroatoms. The molecule has 1 aliphatic heterocycles. The molecular weight excluding hydrogens is 264 g/mol. The number of aromatic amines is 1. The van der Waals surface area contributed by atoms with Gasteiger partial charge in [-0.25, -0.2) is 0 Å². The maximum absolute atomic E-state index is 12.2. The number of aromatic nitrogens is 1. The van der Waals surface area contributed by atoms with E-state index in [1.165, 1.54) is 0 Å². The standard InChI is InChI=1S/C14H15ClN2O2/c1-8-11(5-6-19-8)17-14(18)12-7-9-3-2-4-10(15)13(9)16-12/h2-4,7-8,11,16H,5-6H2,1H3,(H,17,18). The maximum atomic E-state index is 12.2. The molecule has 3 rings (SSSR count). The van der Waals surface area contributed by atoms with Crippen molar-refractivity contribution in [2.75, 3.05) is 6.61 Å². The third-order valence-corrected chi connectivity index (χ3v) is 3.86. The van der Waals surface area contributed by atoms with Gasteiger partial charge in [-0.05, 0) is 25.5 Å². The van der Waals surface area contributed by atoms with Crippen molar-refractivity contribution in [2.45, 2.75) is 25.5 Å². The summed E-state index contributed by atoms with van der Waals surface area (Å²) in [5, 5.41) is 4.54. The average molecular weight is 279 g/mol. The monoisotopic (exact) mass is 278 g/mol. The summed E-state index contributed by atoms with van der Waals surface area (Å²) < 4.78 is 5.43. The van der Waals surface area contributed by atoms with Crippen LogP contribution in [-0.2, 0) is 4.74 Å². The van der Waals surface area contributed by atoms with E-state index in [0.29, 0.717) is 17.3 Å². The van der Waals surface area contributed by atoms with Gasteiger partial charge in [-0.3, -0.25) is 4.79 Å². The minimum Gasteiger partial charge on any atom is -0.376 e. The highest BCUT2D eigenvalue weighted by molar-refractivity contribution is 6.35. The Hall–Kier alpha value is -1.52. The molecule has 2 unspecified atom stereocenters. The predicted molar refractivity (Wildman–Crippen MR) is 74.6 cm³/mol. The molecule has 1 aromatic carbocycles. The molecule has 100 valence electrons. The lowest BCUT2D eigenvalue weighted by Crippen LogP contribution is -2.39. The van der Waals surface area contributed by atoms with Crippen molar-refractivity contribution in [3.63, 3.8) is 0 Å². The Kier molecular flexibility index (Phi) is 3.21. The molecule has 2 aromatic rings. The predicted octanol–water partition coefficient (Wildman–Crippen LogP) is 2.73. The number of nitrogens with one attached hydrogen (secondary N) is 2. The normalized spacial score (nSPS) is 22.8. The molecule has 2 atom stereocenters. The highest BCUT2D eigenvalue weighted by atomic mass is 35.5. The van der Waals surface area contributed by atoms with Crippen LogP contribution in [0.1, 0.15) is 23.8 Å². The third kappa shape index (κ3) is 2.33. The van der Waals surface area contributed by atoms with Gasteiger partial charge < -0.3 is 15.0 Å². The Morgan fingerprint density at radius 1 is 1.53 bits per heavy atom. The van der Waals surface area contributed by atoms with E-state index >= 15 is 0 Å². The molecular formula is C14H15ClN2O2. The number of benzene rings is 1. The number of para-hydroxylation sites is 1. The lowest BCUT2D eigenvalue weighted by molar-refractivity contribution is 0.0862. The molecule has 1 fully saturated rings. The Bertz CT molecular complexity index is 623. The highest BCUT2D eigenvalue weighted by Gasteiger charge is 2.26.